The van der Waals surface area contributed by atoms with Crippen LogP contribution in [0.4, 0.5) is 9.18 Å². The van der Waals surface area contributed by atoms with Crippen LogP contribution < -0.4 is 0 Å². The zero-order valence-electron chi connectivity index (χ0n) is 18.0. The first-order valence-corrected chi connectivity index (χ1v) is 11.3. The molecule has 0 aliphatic carbocycles. The largest absolute Gasteiger partial charge is 0.342 e. The van der Waals surface area contributed by atoms with Gasteiger partial charge in [0.15, 0.2) is 0 Å². The van der Waals surface area contributed by atoms with Crippen molar-refractivity contribution in [2.75, 3.05) is 26.2 Å². The summed E-state index contributed by atoms with van der Waals surface area (Å²) in [6.07, 6.45) is 4.89. The topological polar surface area (TPSA) is 65.9 Å². The van der Waals surface area contributed by atoms with Gasteiger partial charge in [-0.1, -0.05) is 0 Å². The van der Waals surface area contributed by atoms with Gasteiger partial charge in [-0.25, -0.2) is 9.18 Å². The van der Waals surface area contributed by atoms with Gasteiger partial charge in [-0.05, 0) is 62.1 Å². The Morgan fingerprint density at radius 1 is 0.938 bits per heavy atom. The van der Waals surface area contributed by atoms with E-state index in [1.165, 1.54) is 24.3 Å². The first-order valence-electron chi connectivity index (χ1n) is 11.3. The lowest BCUT2D eigenvalue weighted by atomic mass is 9.94. The van der Waals surface area contributed by atoms with E-state index < -0.39 is 0 Å². The molecule has 0 N–H and O–H groups in total. The van der Waals surface area contributed by atoms with E-state index in [2.05, 4.69) is 0 Å². The quantitative estimate of drug-likeness (QED) is 0.740. The third kappa shape index (κ3) is 3.78. The molecule has 0 radical (unpaired) electrons. The van der Waals surface area contributed by atoms with Crippen LogP contribution in [0, 0.1) is 11.7 Å². The van der Waals surface area contributed by atoms with Gasteiger partial charge in [-0.2, -0.15) is 0 Å². The summed E-state index contributed by atoms with van der Waals surface area (Å²) in [5.41, 5.74) is 1.46. The molecule has 32 heavy (non-hydrogen) atoms. The Morgan fingerprint density at radius 3 is 2.41 bits per heavy atom. The van der Waals surface area contributed by atoms with E-state index >= 15 is 0 Å². The number of piperidine rings is 2. The molecule has 0 bridgehead atoms. The lowest BCUT2D eigenvalue weighted by Gasteiger charge is -2.39. The Hall–Kier alpha value is -3.16. The van der Waals surface area contributed by atoms with Crippen molar-refractivity contribution >= 4 is 17.8 Å². The number of nitrogens with zero attached hydrogens (tertiary/aromatic N) is 4. The number of fused-ring (bicyclic) bond motifs is 1. The van der Waals surface area contributed by atoms with Crippen molar-refractivity contribution in [1.82, 2.24) is 19.3 Å². The van der Waals surface area contributed by atoms with E-state index in [4.69, 9.17) is 0 Å². The normalized spacial score (nSPS) is 21.7. The molecule has 5 rings (SSSR count). The number of carbonyl (C=O) groups is 3. The minimum atomic E-state index is -0.374. The second-order valence-corrected chi connectivity index (χ2v) is 8.93. The number of aromatic nitrogens is 1. The highest BCUT2D eigenvalue weighted by Gasteiger charge is 2.37. The van der Waals surface area contributed by atoms with Crippen LogP contribution in [-0.2, 0) is 11.3 Å². The van der Waals surface area contributed by atoms with Crippen molar-refractivity contribution in [1.29, 1.82) is 0 Å². The number of benzene rings is 1. The summed E-state index contributed by atoms with van der Waals surface area (Å²) in [6, 6.07) is 9.58. The van der Waals surface area contributed by atoms with Crippen LogP contribution in [-0.4, -0.2) is 69.3 Å². The maximum Gasteiger partial charge on any atom is 0.329 e. The summed E-state index contributed by atoms with van der Waals surface area (Å²) < 4.78 is 14.9. The molecule has 2 saturated heterocycles. The van der Waals surface area contributed by atoms with Gasteiger partial charge in [0.1, 0.15) is 5.82 Å². The smallest absolute Gasteiger partial charge is 0.329 e. The minimum Gasteiger partial charge on any atom is -0.342 e. The number of halogens is 1. The molecular formula is C24H27FN4O3. The highest BCUT2D eigenvalue weighted by Crippen LogP contribution is 2.27. The molecule has 1 atom stereocenters. The van der Waals surface area contributed by atoms with Crippen LogP contribution in [0.3, 0.4) is 0 Å². The Kier molecular flexibility index (Phi) is 5.45. The number of rotatable bonds is 3. The maximum atomic E-state index is 13.2. The molecule has 3 aliphatic heterocycles. The Morgan fingerprint density at radius 2 is 1.69 bits per heavy atom. The van der Waals surface area contributed by atoms with Crippen molar-refractivity contribution in [2.24, 2.45) is 5.92 Å². The highest BCUT2D eigenvalue weighted by atomic mass is 19.1. The van der Waals surface area contributed by atoms with Crippen LogP contribution >= 0.6 is 0 Å². The van der Waals surface area contributed by atoms with Crippen LogP contribution in [0.25, 0.3) is 0 Å². The molecule has 8 heteroatoms. The molecule has 0 spiro atoms. The van der Waals surface area contributed by atoms with Gasteiger partial charge >= 0.3 is 6.03 Å². The molecular weight excluding hydrogens is 411 g/mol. The van der Waals surface area contributed by atoms with Gasteiger partial charge < -0.3 is 14.7 Å². The van der Waals surface area contributed by atoms with Crippen molar-refractivity contribution in [2.45, 2.75) is 38.3 Å². The van der Waals surface area contributed by atoms with E-state index in [-0.39, 0.29) is 35.6 Å². The van der Waals surface area contributed by atoms with Crippen LogP contribution in [0.5, 0.6) is 0 Å². The Bertz CT molecular complexity index is 1030. The zero-order chi connectivity index (χ0) is 22.2. The SMILES string of the molecule is O=C(c1ccc(F)cc1)N1CCCC(C(=O)N2CCC(N3Cc4cccn4C3=O)CC2)C1. The van der Waals surface area contributed by atoms with Gasteiger partial charge in [0.05, 0.1) is 12.5 Å². The third-order valence-corrected chi connectivity index (χ3v) is 6.98. The molecule has 168 valence electrons. The van der Waals surface area contributed by atoms with Crippen molar-refractivity contribution in [3.63, 3.8) is 0 Å². The predicted octanol–water partition coefficient (Wildman–Crippen LogP) is 2.95. The third-order valence-electron chi connectivity index (χ3n) is 6.98. The summed E-state index contributed by atoms with van der Waals surface area (Å²) >= 11 is 0. The van der Waals surface area contributed by atoms with Crippen molar-refractivity contribution in [3.8, 4) is 0 Å². The number of hydrogen-bond donors (Lipinski definition) is 0. The van der Waals surface area contributed by atoms with E-state index in [0.717, 1.165) is 31.4 Å². The first kappa shape index (κ1) is 20.7. The summed E-state index contributed by atoms with van der Waals surface area (Å²) in [5, 5.41) is 0. The van der Waals surface area contributed by atoms with E-state index in [1.807, 2.05) is 21.9 Å². The number of hydrogen-bond acceptors (Lipinski definition) is 3. The second kappa shape index (κ2) is 8.41. The average Bonchev–Trinajstić information content (AvgIpc) is 3.42. The molecule has 2 fully saturated rings. The lowest BCUT2D eigenvalue weighted by Crippen LogP contribution is -2.51. The fourth-order valence-electron chi connectivity index (χ4n) is 5.19. The standard InChI is InChI=1S/C24H27FN4O3/c25-19-7-5-17(6-8-19)22(30)27-11-1-3-18(15-27)23(31)26-13-9-20(10-14-26)29-16-21-4-2-12-28(21)24(29)32/h2,4-8,12,18,20H,1,3,9-11,13-16H2. The molecule has 1 aromatic carbocycles. The number of amides is 3. The summed E-state index contributed by atoms with van der Waals surface area (Å²) in [5.74, 6) is -0.642. The maximum absolute atomic E-state index is 13.2. The molecule has 3 amide bonds. The van der Waals surface area contributed by atoms with Gasteiger partial charge in [-0.15, -0.1) is 0 Å². The van der Waals surface area contributed by atoms with E-state index in [9.17, 15) is 18.8 Å². The molecule has 2 aromatic rings. The van der Waals surface area contributed by atoms with Crippen molar-refractivity contribution in [3.05, 3.63) is 59.7 Å². The van der Waals surface area contributed by atoms with Gasteiger partial charge in [0.2, 0.25) is 5.91 Å². The molecule has 3 aliphatic rings. The van der Waals surface area contributed by atoms with Crippen LogP contribution in [0.2, 0.25) is 0 Å². The van der Waals surface area contributed by atoms with Gasteiger partial charge in [0, 0.05) is 49.7 Å². The lowest BCUT2D eigenvalue weighted by molar-refractivity contribution is -0.138. The predicted molar refractivity (Wildman–Crippen MR) is 115 cm³/mol. The highest BCUT2D eigenvalue weighted by molar-refractivity contribution is 5.94. The van der Waals surface area contributed by atoms with Crippen LogP contribution in [0.15, 0.2) is 42.6 Å². The monoisotopic (exact) mass is 438 g/mol. The first-order chi connectivity index (χ1) is 15.5. The van der Waals surface area contributed by atoms with Crippen LogP contribution in [0.1, 0.15) is 41.7 Å². The zero-order valence-corrected chi connectivity index (χ0v) is 18.0. The molecule has 0 saturated carbocycles. The summed E-state index contributed by atoms with van der Waals surface area (Å²) in [6.45, 7) is 2.90. The second-order valence-electron chi connectivity index (χ2n) is 8.93. The fourth-order valence-corrected chi connectivity index (χ4v) is 5.19. The summed E-state index contributed by atoms with van der Waals surface area (Å²) in [4.78, 5) is 44.1. The Labute approximate surface area is 186 Å². The molecule has 1 aromatic heterocycles. The molecule has 7 nitrogen and oxygen atoms in total. The van der Waals surface area contributed by atoms with E-state index in [1.54, 1.807) is 15.7 Å². The van der Waals surface area contributed by atoms with Gasteiger partial charge in [0.25, 0.3) is 5.91 Å². The molecule has 1 unspecified atom stereocenters. The van der Waals surface area contributed by atoms with E-state index in [0.29, 0.717) is 38.3 Å². The molecule has 4 heterocycles. The average molecular weight is 439 g/mol. The minimum absolute atomic E-state index is 0.0250. The number of carbonyl (C=O) groups excluding carboxylic acids is 3. The van der Waals surface area contributed by atoms with Gasteiger partial charge in [-0.3, -0.25) is 14.2 Å². The summed E-state index contributed by atoms with van der Waals surface area (Å²) in [7, 11) is 0. The Balaban J connectivity index is 1.16. The fraction of sp³-hybridized carbons (Fsp3) is 0.458. The van der Waals surface area contributed by atoms with Crippen molar-refractivity contribution < 1.29 is 18.8 Å². The number of likely N-dealkylation sites (tertiary alicyclic amines) is 2.